The van der Waals surface area contributed by atoms with Crippen molar-refractivity contribution in [1.82, 2.24) is 14.8 Å². The summed E-state index contributed by atoms with van der Waals surface area (Å²) in [6.07, 6.45) is 4.83. The summed E-state index contributed by atoms with van der Waals surface area (Å²) in [6.45, 7) is 8.41. The van der Waals surface area contributed by atoms with Crippen LogP contribution in [0, 0.1) is 0 Å². The molecule has 0 aliphatic carbocycles. The molecule has 5 nitrogen and oxygen atoms in total. The Labute approximate surface area is 167 Å². The number of carbonyl (C=O) groups excluding carboxylic acids is 1. The van der Waals surface area contributed by atoms with Gasteiger partial charge in [0, 0.05) is 50.7 Å². The van der Waals surface area contributed by atoms with Gasteiger partial charge in [-0.15, -0.1) is 12.4 Å². The molecule has 2 aromatic rings. The Bertz CT molecular complexity index is 699. The number of rotatable bonds is 6. The molecule has 146 valence electrons. The third-order valence-corrected chi connectivity index (χ3v) is 4.60. The summed E-state index contributed by atoms with van der Waals surface area (Å²) in [5, 5.41) is 0. The molecule has 0 unspecified atom stereocenters. The second kappa shape index (κ2) is 10.3. The minimum atomic E-state index is 0. The number of benzene rings is 1. The number of amides is 1. The molecular formula is C21H28ClN3O2. The van der Waals surface area contributed by atoms with Gasteiger partial charge in [-0.25, -0.2) is 0 Å². The zero-order valence-electron chi connectivity index (χ0n) is 16.0. The van der Waals surface area contributed by atoms with Gasteiger partial charge < -0.3 is 9.64 Å². The van der Waals surface area contributed by atoms with Crippen molar-refractivity contribution in [2.45, 2.75) is 26.4 Å². The Balaban J connectivity index is 0.00000261. The fourth-order valence-electron chi connectivity index (χ4n) is 3.14. The first kappa shape index (κ1) is 21.2. The average Bonchev–Trinajstić information content (AvgIpc) is 2.67. The molecule has 1 amide bonds. The average molecular weight is 390 g/mol. The van der Waals surface area contributed by atoms with E-state index < -0.39 is 0 Å². The molecule has 2 heterocycles. The smallest absolute Gasteiger partial charge is 0.253 e. The SMILES string of the molecule is CC(C)Oc1ccc(C(=O)N2CCN(CCc3ccncc3)CC2)cc1.Cl. The molecule has 0 radical (unpaired) electrons. The van der Waals surface area contributed by atoms with Crippen LogP contribution < -0.4 is 4.74 Å². The molecule has 0 atom stereocenters. The second-order valence-corrected chi connectivity index (χ2v) is 6.93. The Hall–Kier alpha value is -2.11. The number of pyridine rings is 1. The molecule has 0 spiro atoms. The van der Waals surface area contributed by atoms with E-state index in [-0.39, 0.29) is 24.4 Å². The first-order valence-corrected chi connectivity index (χ1v) is 9.29. The van der Waals surface area contributed by atoms with Gasteiger partial charge in [-0.05, 0) is 62.2 Å². The van der Waals surface area contributed by atoms with E-state index in [9.17, 15) is 4.79 Å². The molecule has 1 aliphatic heterocycles. The van der Waals surface area contributed by atoms with Crippen LogP contribution in [-0.4, -0.2) is 59.5 Å². The summed E-state index contributed by atoms with van der Waals surface area (Å²) < 4.78 is 5.64. The zero-order valence-corrected chi connectivity index (χ0v) is 16.8. The predicted molar refractivity (Wildman–Crippen MR) is 110 cm³/mol. The highest BCUT2D eigenvalue weighted by Crippen LogP contribution is 2.16. The van der Waals surface area contributed by atoms with Crippen LogP contribution >= 0.6 is 12.4 Å². The minimum absolute atomic E-state index is 0. The van der Waals surface area contributed by atoms with E-state index >= 15 is 0 Å². The molecule has 1 fully saturated rings. The van der Waals surface area contributed by atoms with Gasteiger partial charge in [0.05, 0.1) is 6.10 Å². The van der Waals surface area contributed by atoms with Gasteiger partial charge in [0.15, 0.2) is 0 Å². The fraction of sp³-hybridized carbons (Fsp3) is 0.429. The monoisotopic (exact) mass is 389 g/mol. The molecule has 27 heavy (non-hydrogen) atoms. The van der Waals surface area contributed by atoms with Gasteiger partial charge in [0.25, 0.3) is 5.91 Å². The number of ether oxygens (including phenoxy) is 1. The minimum Gasteiger partial charge on any atom is -0.491 e. The Kier molecular flexibility index (Phi) is 8.07. The molecule has 1 aliphatic rings. The summed E-state index contributed by atoms with van der Waals surface area (Å²) in [4.78, 5) is 21.1. The standard InChI is InChI=1S/C21H27N3O2.ClH/c1-17(2)26-20-5-3-19(4-6-20)21(25)24-15-13-23(14-16-24)12-9-18-7-10-22-11-8-18;/h3-8,10-11,17H,9,12-16H2,1-2H3;1H. The van der Waals surface area contributed by atoms with Crippen LogP contribution in [0.4, 0.5) is 0 Å². The largest absolute Gasteiger partial charge is 0.491 e. The molecular weight excluding hydrogens is 362 g/mol. The van der Waals surface area contributed by atoms with Gasteiger partial charge in [0.1, 0.15) is 5.75 Å². The fourth-order valence-corrected chi connectivity index (χ4v) is 3.14. The molecule has 0 N–H and O–H groups in total. The lowest BCUT2D eigenvalue weighted by Gasteiger charge is -2.34. The van der Waals surface area contributed by atoms with Gasteiger partial charge in [-0.1, -0.05) is 0 Å². The number of carbonyl (C=O) groups is 1. The first-order valence-electron chi connectivity index (χ1n) is 9.29. The third-order valence-electron chi connectivity index (χ3n) is 4.60. The number of nitrogens with zero attached hydrogens (tertiary/aromatic N) is 3. The van der Waals surface area contributed by atoms with Crippen LogP contribution in [-0.2, 0) is 6.42 Å². The number of hydrogen-bond donors (Lipinski definition) is 0. The maximum absolute atomic E-state index is 12.7. The van der Waals surface area contributed by atoms with E-state index in [4.69, 9.17) is 4.74 Å². The zero-order chi connectivity index (χ0) is 18.4. The summed E-state index contributed by atoms with van der Waals surface area (Å²) in [5.74, 6) is 0.910. The molecule has 1 aromatic heterocycles. The topological polar surface area (TPSA) is 45.7 Å². The third kappa shape index (κ3) is 6.22. The Morgan fingerprint density at radius 1 is 1.04 bits per heavy atom. The number of halogens is 1. The Morgan fingerprint density at radius 2 is 1.67 bits per heavy atom. The van der Waals surface area contributed by atoms with Crippen LogP contribution in [0.5, 0.6) is 5.75 Å². The lowest BCUT2D eigenvalue weighted by atomic mass is 10.1. The predicted octanol–water partition coefficient (Wildman–Crippen LogP) is 3.29. The van der Waals surface area contributed by atoms with Gasteiger partial charge in [0.2, 0.25) is 0 Å². The highest BCUT2D eigenvalue weighted by atomic mass is 35.5. The van der Waals surface area contributed by atoms with Gasteiger partial charge in [-0.3, -0.25) is 14.7 Å². The summed E-state index contributed by atoms with van der Waals surface area (Å²) in [7, 11) is 0. The van der Waals surface area contributed by atoms with Crippen molar-refractivity contribution >= 4 is 18.3 Å². The molecule has 0 bridgehead atoms. The van der Waals surface area contributed by atoms with Crippen LogP contribution in [0.25, 0.3) is 0 Å². The van der Waals surface area contributed by atoms with E-state index in [1.807, 2.05) is 55.4 Å². The first-order chi connectivity index (χ1) is 12.6. The number of aromatic nitrogens is 1. The number of piperazine rings is 1. The van der Waals surface area contributed by atoms with E-state index in [1.165, 1.54) is 5.56 Å². The highest BCUT2D eigenvalue weighted by Gasteiger charge is 2.22. The summed E-state index contributed by atoms with van der Waals surface area (Å²) >= 11 is 0. The van der Waals surface area contributed by atoms with Crippen LogP contribution in [0.3, 0.4) is 0 Å². The number of hydrogen-bond acceptors (Lipinski definition) is 4. The van der Waals surface area contributed by atoms with Crippen LogP contribution in [0.15, 0.2) is 48.8 Å². The maximum Gasteiger partial charge on any atom is 0.253 e. The van der Waals surface area contributed by atoms with Gasteiger partial charge >= 0.3 is 0 Å². The quantitative estimate of drug-likeness (QED) is 0.760. The van der Waals surface area contributed by atoms with Crippen molar-refractivity contribution in [2.24, 2.45) is 0 Å². The molecule has 0 saturated carbocycles. The van der Waals surface area contributed by atoms with E-state index in [0.717, 1.165) is 50.5 Å². The lowest BCUT2D eigenvalue weighted by molar-refractivity contribution is 0.0638. The summed E-state index contributed by atoms with van der Waals surface area (Å²) in [5.41, 5.74) is 2.04. The maximum atomic E-state index is 12.7. The van der Waals surface area contributed by atoms with Crippen molar-refractivity contribution in [3.8, 4) is 5.75 Å². The molecule has 3 rings (SSSR count). The molecule has 6 heteroatoms. The van der Waals surface area contributed by atoms with Crippen molar-refractivity contribution < 1.29 is 9.53 Å². The van der Waals surface area contributed by atoms with E-state index in [2.05, 4.69) is 22.0 Å². The van der Waals surface area contributed by atoms with E-state index in [1.54, 1.807) is 0 Å². The van der Waals surface area contributed by atoms with Crippen molar-refractivity contribution in [3.05, 3.63) is 59.9 Å². The van der Waals surface area contributed by atoms with Crippen LogP contribution in [0.2, 0.25) is 0 Å². The van der Waals surface area contributed by atoms with Gasteiger partial charge in [-0.2, -0.15) is 0 Å². The molecule has 1 aromatic carbocycles. The summed E-state index contributed by atoms with van der Waals surface area (Å²) in [6, 6.07) is 11.6. The van der Waals surface area contributed by atoms with Crippen molar-refractivity contribution in [1.29, 1.82) is 0 Å². The Morgan fingerprint density at radius 3 is 2.26 bits per heavy atom. The second-order valence-electron chi connectivity index (χ2n) is 6.93. The molecule has 1 saturated heterocycles. The normalized spacial score (nSPS) is 14.7. The lowest BCUT2D eigenvalue weighted by Crippen LogP contribution is -2.49. The highest BCUT2D eigenvalue weighted by molar-refractivity contribution is 5.94. The van der Waals surface area contributed by atoms with Crippen molar-refractivity contribution in [3.63, 3.8) is 0 Å². The van der Waals surface area contributed by atoms with E-state index in [0.29, 0.717) is 0 Å². The van der Waals surface area contributed by atoms with Crippen molar-refractivity contribution in [2.75, 3.05) is 32.7 Å². The van der Waals surface area contributed by atoms with Crippen LogP contribution in [0.1, 0.15) is 29.8 Å².